The van der Waals surface area contributed by atoms with Crippen LogP contribution in [0.1, 0.15) is 23.3 Å². The van der Waals surface area contributed by atoms with Gasteiger partial charge in [-0.2, -0.15) is 0 Å². The van der Waals surface area contributed by atoms with Gasteiger partial charge >= 0.3 is 0 Å². The van der Waals surface area contributed by atoms with Crippen LogP contribution in [0.15, 0.2) is 70.5 Å². The maximum absolute atomic E-state index is 15.4. The van der Waals surface area contributed by atoms with Gasteiger partial charge in [0.2, 0.25) is 10.0 Å². The van der Waals surface area contributed by atoms with Crippen LogP contribution in [-0.2, 0) is 19.9 Å². The molecule has 2 atom stereocenters. The summed E-state index contributed by atoms with van der Waals surface area (Å²) in [6.07, 6.45) is -1.49. The second-order valence-corrected chi connectivity index (χ2v) is 11.0. The van der Waals surface area contributed by atoms with E-state index in [1.165, 1.54) is 24.3 Å². The summed E-state index contributed by atoms with van der Waals surface area (Å²) >= 11 is 0. The maximum Gasteiger partial charge on any atom is 0.244 e. The van der Waals surface area contributed by atoms with Crippen LogP contribution in [0, 0.1) is 17.5 Å². The molecular formula is C22H21F3N2O6S2. The van der Waals surface area contributed by atoms with E-state index >= 15 is 8.78 Å². The van der Waals surface area contributed by atoms with Crippen molar-refractivity contribution in [1.29, 1.82) is 0 Å². The van der Waals surface area contributed by atoms with Gasteiger partial charge in [0.1, 0.15) is 11.0 Å². The SMILES string of the molecule is NS(=O)(=O)c1c(F)c(F)c(S(=O)(=O)CCO)c(N[C@H](c2ccccc2)[C@@H](O)c2ccccc2)c1F. The van der Waals surface area contributed by atoms with E-state index in [1.54, 1.807) is 36.4 Å². The molecule has 0 fully saturated rings. The monoisotopic (exact) mass is 530 g/mol. The summed E-state index contributed by atoms with van der Waals surface area (Å²) in [6.45, 7) is -1.02. The third-order valence-corrected chi connectivity index (χ3v) is 7.76. The Hall–Kier alpha value is -2.97. The summed E-state index contributed by atoms with van der Waals surface area (Å²) < 4.78 is 94.1. The number of primary sulfonamides is 1. The average molecular weight is 531 g/mol. The topological polar surface area (TPSA) is 147 Å². The molecule has 0 heterocycles. The summed E-state index contributed by atoms with van der Waals surface area (Å²) in [6, 6.07) is 14.2. The van der Waals surface area contributed by atoms with Crippen LogP contribution in [-0.4, -0.2) is 39.4 Å². The minimum Gasteiger partial charge on any atom is -0.395 e. The van der Waals surface area contributed by atoms with Crippen LogP contribution in [0.4, 0.5) is 18.9 Å². The summed E-state index contributed by atoms with van der Waals surface area (Å²) in [5, 5.41) is 27.4. The van der Waals surface area contributed by atoms with Crippen molar-refractivity contribution in [2.24, 2.45) is 5.14 Å². The van der Waals surface area contributed by atoms with Gasteiger partial charge in [-0.05, 0) is 11.1 Å². The smallest absolute Gasteiger partial charge is 0.244 e. The minimum absolute atomic E-state index is 0.274. The lowest BCUT2D eigenvalue weighted by Gasteiger charge is -2.28. The second kappa shape index (κ2) is 10.3. The molecule has 0 amide bonds. The highest BCUT2D eigenvalue weighted by Gasteiger charge is 2.37. The van der Waals surface area contributed by atoms with Gasteiger partial charge in [-0.3, -0.25) is 0 Å². The van der Waals surface area contributed by atoms with Crippen LogP contribution in [0.5, 0.6) is 0 Å². The predicted molar refractivity (Wildman–Crippen MR) is 121 cm³/mol. The number of anilines is 1. The van der Waals surface area contributed by atoms with E-state index in [0.29, 0.717) is 5.56 Å². The van der Waals surface area contributed by atoms with E-state index in [2.05, 4.69) is 5.32 Å². The molecule has 3 rings (SSSR count). The average Bonchev–Trinajstić information content (AvgIpc) is 2.80. The molecule has 0 saturated carbocycles. The molecule has 8 nitrogen and oxygen atoms in total. The number of sulfone groups is 1. The normalized spacial score (nSPS) is 13.9. The van der Waals surface area contributed by atoms with Gasteiger partial charge in [-0.1, -0.05) is 60.7 Å². The van der Waals surface area contributed by atoms with Crippen LogP contribution < -0.4 is 10.5 Å². The Morgan fingerprint density at radius 1 is 0.800 bits per heavy atom. The Bertz CT molecular complexity index is 1420. The molecule has 0 saturated heterocycles. The molecule has 5 N–H and O–H groups in total. The lowest BCUT2D eigenvalue weighted by atomic mass is 9.95. The third-order valence-electron chi connectivity index (χ3n) is 5.11. The van der Waals surface area contributed by atoms with Gasteiger partial charge < -0.3 is 15.5 Å². The lowest BCUT2D eigenvalue weighted by Crippen LogP contribution is -2.26. The Balaban J connectivity index is 2.34. The Labute approximate surface area is 199 Å². The first-order chi connectivity index (χ1) is 16.4. The molecule has 0 aromatic heterocycles. The van der Waals surface area contributed by atoms with Crippen molar-refractivity contribution in [2.75, 3.05) is 17.7 Å². The number of sulfonamides is 1. The highest BCUT2D eigenvalue weighted by molar-refractivity contribution is 7.91. The number of hydrogen-bond acceptors (Lipinski definition) is 7. The molecule has 0 aliphatic rings. The maximum atomic E-state index is 15.4. The summed E-state index contributed by atoms with van der Waals surface area (Å²) in [5.74, 6) is -7.65. The Morgan fingerprint density at radius 3 is 1.77 bits per heavy atom. The van der Waals surface area contributed by atoms with Crippen molar-refractivity contribution >= 4 is 25.5 Å². The molecule has 3 aromatic rings. The van der Waals surface area contributed by atoms with Gasteiger partial charge in [0, 0.05) is 0 Å². The lowest BCUT2D eigenvalue weighted by molar-refractivity contribution is 0.154. The molecule has 0 aliphatic carbocycles. The fourth-order valence-electron chi connectivity index (χ4n) is 3.51. The van der Waals surface area contributed by atoms with E-state index in [9.17, 15) is 26.3 Å². The molecule has 35 heavy (non-hydrogen) atoms. The third kappa shape index (κ3) is 5.49. The fourth-order valence-corrected chi connectivity index (χ4v) is 5.47. The molecule has 0 bridgehead atoms. The fraction of sp³-hybridized carbons (Fsp3) is 0.182. The number of benzene rings is 3. The zero-order valence-electron chi connectivity index (χ0n) is 17.9. The van der Waals surface area contributed by atoms with E-state index < -0.39 is 77.3 Å². The van der Waals surface area contributed by atoms with Gasteiger partial charge in [0.25, 0.3) is 0 Å². The number of rotatable bonds is 9. The highest BCUT2D eigenvalue weighted by atomic mass is 32.2. The molecular weight excluding hydrogens is 509 g/mol. The van der Waals surface area contributed by atoms with Crippen molar-refractivity contribution < 1.29 is 40.2 Å². The van der Waals surface area contributed by atoms with Crippen LogP contribution in [0.2, 0.25) is 0 Å². The van der Waals surface area contributed by atoms with E-state index in [0.717, 1.165) is 0 Å². The summed E-state index contributed by atoms with van der Waals surface area (Å²) in [5.41, 5.74) is -0.691. The zero-order chi connectivity index (χ0) is 26.0. The predicted octanol–water partition coefficient (Wildman–Crippen LogP) is 2.40. The first-order valence-corrected chi connectivity index (χ1v) is 13.2. The largest absolute Gasteiger partial charge is 0.395 e. The van der Waals surface area contributed by atoms with Crippen molar-refractivity contribution in [3.05, 3.63) is 89.2 Å². The quantitative estimate of drug-likeness (QED) is 0.311. The number of hydrogen-bond donors (Lipinski definition) is 4. The van der Waals surface area contributed by atoms with E-state index in [-0.39, 0.29) is 5.56 Å². The molecule has 13 heteroatoms. The number of aliphatic hydroxyl groups excluding tert-OH is 2. The zero-order valence-corrected chi connectivity index (χ0v) is 19.5. The molecule has 0 radical (unpaired) electrons. The summed E-state index contributed by atoms with van der Waals surface area (Å²) in [4.78, 5) is -3.43. The van der Waals surface area contributed by atoms with E-state index in [1.807, 2.05) is 0 Å². The van der Waals surface area contributed by atoms with Crippen molar-refractivity contribution in [1.82, 2.24) is 0 Å². The standard InChI is InChI=1S/C22H21F3N2O6S2/c23-15-16(24)22(34(30,31)12-11-28)19(17(25)21(15)35(26,32)33)27-18(13-7-3-1-4-8-13)20(29)14-9-5-2-6-10-14/h1-10,18,20,27-29H,11-12H2,(H2,26,32,33)/t18-,20+/m1/s1. The van der Waals surface area contributed by atoms with Gasteiger partial charge in [-0.25, -0.2) is 35.1 Å². The van der Waals surface area contributed by atoms with Crippen LogP contribution >= 0.6 is 0 Å². The number of halogens is 3. The van der Waals surface area contributed by atoms with Crippen LogP contribution in [0.3, 0.4) is 0 Å². The number of nitrogens with one attached hydrogen (secondary N) is 1. The second-order valence-electron chi connectivity index (χ2n) is 7.45. The minimum atomic E-state index is -5.19. The molecule has 0 aliphatic heterocycles. The molecule has 0 unspecified atom stereocenters. The molecule has 188 valence electrons. The van der Waals surface area contributed by atoms with Gasteiger partial charge in [-0.15, -0.1) is 0 Å². The number of aliphatic hydroxyl groups is 2. The molecule has 3 aromatic carbocycles. The van der Waals surface area contributed by atoms with Gasteiger partial charge in [0.05, 0.1) is 24.1 Å². The first-order valence-electron chi connectivity index (χ1n) is 10.0. The Morgan fingerprint density at radius 2 is 1.29 bits per heavy atom. The summed E-state index contributed by atoms with van der Waals surface area (Å²) in [7, 11) is -10.1. The number of nitrogens with two attached hydrogens (primary N) is 1. The van der Waals surface area contributed by atoms with Crippen LogP contribution in [0.25, 0.3) is 0 Å². The Kier molecular flexibility index (Phi) is 7.87. The van der Waals surface area contributed by atoms with Crippen molar-refractivity contribution in [3.63, 3.8) is 0 Å². The van der Waals surface area contributed by atoms with Gasteiger partial charge in [0.15, 0.2) is 32.2 Å². The highest BCUT2D eigenvalue weighted by Crippen LogP contribution is 2.40. The molecule has 0 spiro atoms. The van der Waals surface area contributed by atoms with Crippen molar-refractivity contribution in [3.8, 4) is 0 Å². The van der Waals surface area contributed by atoms with E-state index in [4.69, 9.17) is 10.2 Å². The first kappa shape index (κ1) is 26.6. The van der Waals surface area contributed by atoms with Crippen molar-refractivity contribution in [2.45, 2.75) is 21.9 Å².